The van der Waals surface area contributed by atoms with E-state index < -0.39 is 10.0 Å². The van der Waals surface area contributed by atoms with Crippen molar-refractivity contribution >= 4 is 21.4 Å². The molecule has 2 aromatic rings. The Labute approximate surface area is 121 Å². The van der Waals surface area contributed by atoms with Gasteiger partial charge in [-0.3, -0.25) is 0 Å². The average Bonchev–Trinajstić information content (AvgIpc) is 3.04. The molecule has 9 heteroatoms. The predicted molar refractivity (Wildman–Crippen MR) is 74.8 cm³/mol. The Morgan fingerprint density at radius 2 is 2.20 bits per heavy atom. The summed E-state index contributed by atoms with van der Waals surface area (Å²) in [7, 11) is -3.54. The van der Waals surface area contributed by atoms with Crippen molar-refractivity contribution in [1.29, 1.82) is 0 Å². The van der Waals surface area contributed by atoms with Crippen molar-refractivity contribution in [3.8, 4) is 0 Å². The van der Waals surface area contributed by atoms with Crippen LogP contribution in [0.2, 0.25) is 0 Å². The topological polar surface area (TPSA) is 97.1 Å². The number of hydrogen-bond acceptors (Lipinski definition) is 7. The number of aromatic nitrogens is 2. The Morgan fingerprint density at radius 1 is 1.40 bits per heavy atom. The van der Waals surface area contributed by atoms with Crippen LogP contribution in [0, 0.1) is 6.92 Å². The third kappa shape index (κ3) is 3.63. The summed E-state index contributed by atoms with van der Waals surface area (Å²) >= 11 is 1.27. The van der Waals surface area contributed by atoms with Gasteiger partial charge < -0.3 is 9.84 Å². The van der Waals surface area contributed by atoms with Crippen LogP contribution in [-0.2, 0) is 23.1 Å². The van der Waals surface area contributed by atoms with Gasteiger partial charge in [-0.1, -0.05) is 12.1 Å². The molecule has 0 aliphatic rings. The molecule has 0 aliphatic carbocycles. The first-order valence-electron chi connectivity index (χ1n) is 6.08. The molecule has 0 saturated heterocycles. The van der Waals surface area contributed by atoms with Crippen molar-refractivity contribution in [2.75, 3.05) is 6.54 Å². The van der Waals surface area contributed by atoms with Gasteiger partial charge in [-0.2, -0.15) is 4.98 Å². The first kappa shape index (κ1) is 15.1. The second-order valence-corrected chi connectivity index (χ2v) is 7.25. The zero-order valence-electron chi connectivity index (χ0n) is 11.2. The first-order valence-corrected chi connectivity index (χ1v) is 8.38. The van der Waals surface area contributed by atoms with E-state index in [1.807, 2.05) is 13.8 Å². The standard InChI is InChI=1S/C11H16N4O3S2/c1-3-12-5-9-8(2)4-11(19-9)20(16,17)14-6-10-13-7-18-15-10/h4,7,12,14H,3,5-6H2,1-2H3. The van der Waals surface area contributed by atoms with Crippen LogP contribution in [0.1, 0.15) is 23.2 Å². The molecule has 2 N–H and O–H groups in total. The molecule has 0 bridgehead atoms. The number of sulfonamides is 1. The van der Waals surface area contributed by atoms with E-state index in [1.54, 1.807) is 6.07 Å². The largest absolute Gasteiger partial charge is 0.343 e. The van der Waals surface area contributed by atoms with Gasteiger partial charge in [0.1, 0.15) is 4.21 Å². The van der Waals surface area contributed by atoms with Gasteiger partial charge in [0.15, 0.2) is 5.82 Å². The van der Waals surface area contributed by atoms with Crippen LogP contribution < -0.4 is 10.0 Å². The molecule has 0 aromatic carbocycles. The molecule has 2 heterocycles. The fourth-order valence-electron chi connectivity index (χ4n) is 1.54. The SMILES string of the molecule is CCNCc1sc(S(=O)(=O)NCc2ncon2)cc1C. The van der Waals surface area contributed by atoms with E-state index in [0.717, 1.165) is 23.4 Å². The minimum Gasteiger partial charge on any atom is -0.343 e. The highest BCUT2D eigenvalue weighted by Gasteiger charge is 2.19. The molecule has 7 nitrogen and oxygen atoms in total. The Bertz CT molecular complexity index is 649. The second kappa shape index (κ2) is 6.44. The van der Waals surface area contributed by atoms with E-state index in [4.69, 9.17) is 0 Å². The molecule has 110 valence electrons. The molecule has 2 aromatic heterocycles. The average molecular weight is 316 g/mol. The van der Waals surface area contributed by atoms with Gasteiger partial charge in [-0.15, -0.1) is 11.3 Å². The normalized spacial score (nSPS) is 11.9. The lowest BCUT2D eigenvalue weighted by Crippen LogP contribution is -2.23. The third-order valence-electron chi connectivity index (χ3n) is 2.63. The van der Waals surface area contributed by atoms with Gasteiger partial charge in [0.05, 0.1) is 6.54 Å². The maximum atomic E-state index is 12.2. The van der Waals surface area contributed by atoms with Gasteiger partial charge >= 0.3 is 0 Å². The van der Waals surface area contributed by atoms with Gasteiger partial charge in [0.2, 0.25) is 16.4 Å². The maximum absolute atomic E-state index is 12.2. The molecule has 20 heavy (non-hydrogen) atoms. The van der Waals surface area contributed by atoms with E-state index in [0.29, 0.717) is 16.6 Å². The number of aryl methyl sites for hydroxylation is 1. The van der Waals surface area contributed by atoms with E-state index in [2.05, 4.69) is 24.7 Å². The lowest BCUT2D eigenvalue weighted by molar-refractivity contribution is 0.409. The van der Waals surface area contributed by atoms with Crippen LogP contribution >= 0.6 is 11.3 Å². The highest BCUT2D eigenvalue weighted by molar-refractivity contribution is 7.91. The molecule has 0 unspecified atom stereocenters. The quantitative estimate of drug-likeness (QED) is 0.792. The molecule has 0 aliphatic heterocycles. The van der Waals surface area contributed by atoms with Crippen LogP contribution in [0.25, 0.3) is 0 Å². The summed E-state index contributed by atoms with van der Waals surface area (Å²) in [5.74, 6) is 0.301. The third-order valence-corrected chi connectivity index (χ3v) is 5.74. The predicted octanol–water partition coefficient (Wildman–Crippen LogP) is 1.03. The molecule has 0 atom stereocenters. The van der Waals surface area contributed by atoms with E-state index in [1.165, 1.54) is 11.3 Å². The summed E-state index contributed by atoms with van der Waals surface area (Å²) in [5.41, 5.74) is 0.968. The number of nitrogens with one attached hydrogen (secondary N) is 2. The molecular formula is C11H16N4O3S2. The highest BCUT2D eigenvalue weighted by Crippen LogP contribution is 2.25. The molecule has 0 saturated carbocycles. The fraction of sp³-hybridized carbons (Fsp3) is 0.455. The minimum absolute atomic E-state index is 0.0122. The van der Waals surface area contributed by atoms with Crippen molar-refractivity contribution in [3.63, 3.8) is 0 Å². The summed E-state index contributed by atoms with van der Waals surface area (Å²) in [6.07, 6.45) is 1.16. The molecule has 2 rings (SSSR count). The summed E-state index contributed by atoms with van der Waals surface area (Å²) in [6.45, 7) is 5.44. The van der Waals surface area contributed by atoms with E-state index >= 15 is 0 Å². The summed E-state index contributed by atoms with van der Waals surface area (Å²) in [4.78, 5) is 4.79. The van der Waals surface area contributed by atoms with Crippen molar-refractivity contribution in [3.05, 3.63) is 28.7 Å². The van der Waals surface area contributed by atoms with Crippen LogP contribution in [0.4, 0.5) is 0 Å². The zero-order valence-corrected chi connectivity index (χ0v) is 12.8. The van der Waals surface area contributed by atoms with Crippen LogP contribution in [0.15, 0.2) is 21.2 Å². The van der Waals surface area contributed by atoms with Crippen molar-refractivity contribution in [1.82, 2.24) is 20.2 Å². The lowest BCUT2D eigenvalue weighted by atomic mass is 10.3. The number of rotatable bonds is 7. The summed E-state index contributed by atoms with van der Waals surface area (Å²) < 4.78 is 31.6. The van der Waals surface area contributed by atoms with Crippen LogP contribution in [-0.4, -0.2) is 25.1 Å². The molecule has 0 radical (unpaired) electrons. The van der Waals surface area contributed by atoms with Gasteiger partial charge in [-0.25, -0.2) is 13.1 Å². The molecule has 0 fully saturated rings. The Kier molecular flexibility index (Phi) is 4.86. The van der Waals surface area contributed by atoms with Gasteiger partial charge in [0, 0.05) is 11.4 Å². The minimum atomic E-state index is -3.54. The maximum Gasteiger partial charge on any atom is 0.250 e. The summed E-state index contributed by atoms with van der Waals surface area (Å²) in [5, 5.41) is 6.74. The Morgan fingerprint density at radius 3 is 2.85 bits per heavy atom. The Hall–Kier alpha value is -1.29. The summed E-state index contributed by atoms with van der Waals surface area (Å²) in [6, 6.07) is 1.68. The Balaban J connectivity index is 2.09. The van der Waals surface area contributed by atoms with Crippen molar-refractivity contribution in [2.24, 2.45) is 0 Å². The second-order valence-electron chi connectivity index (χ2n) is 4.12. The zero-order chi connectivity index (χ0) is 14.6. The number of hydrogen-bond donors (Lipinski definition) is 2. The highest BCUT2D eigenvalue weighted by atomic mass is 32.2. The molecule has 0 amide bonds. The number of nitrogens with zero attached hydrogens (tertiary/aromatic N) is 2. The smallest absolute Gasteiger partial charge is 0.250 e. The van der Waals surface area contributed by atoms with Crippen molar-refractivity contribution < 1.29 is 12.9 Å². The van der Waals surface area contributed by atoms with Gasteiger partial charge in [0.25, 0.3) is 0 Å². The van der Waals surface area contributed by atoms with Crippen LogP contribution in [0.3, 0.4) is 0 Å². The monoisotopic (exact) mass is 316 g/mol. The molecule has 0 spiro atoms. The van der Waals surface area contributed by atoms with Crippen LogP contribution in [0.5, 0.6) is 0 Å². The first-order chi connectivity index (χ1) is 9.53. The van der Waals surface area contributed by atoms with E-state index in [-0.39, 0.29) is 6.54 Å². The lowest BCUT2D eigenvalue weighted by Gasteiger charge is -2.01. The molecular weight excluding hydrogens is 300 g/mol. The van der Waals surface area contributed by atoms with Crippen molar-refractivity contribution in [2.45, 2.75) is 31.1 Å². The van der Waals surface area contributed by atoms with Gasteiger partial charge in [-0.05, 0) is 25.1 Å². The fourth-order valence-corrected chi connectivity index (χ4v) is 4.12. The van der Waals surface area contributed by atoms with E-state index in [9.17, 15) is 8.42 Å². The number of thiophene rings is 1.